The number of methoxy groups -OCH3 is 5. The van der Waals surface area contributed by atoms with Gasteiger partial charge in [-0.15, -0.1) is 45.9 Å². The van der Waals surface area contributed by atoms with Gasteiger partial charge in [0.25, 0.3) is 0 Å². The molecule has 2 atom stereocenters. The molecule has 3 aliphatic carbocycles. The summed E-state index contributed by atoms with van der Waals surface area (Å²) in [7, 11) is 14.5. The molecule has 2 aliphatic heterocycles. The van der Waals surface area contributed by atoms with Crippen LogP contribution in [0.3, 0.4) is 0 Å². The van der Waals surface area contributed by atoms with Crippen LogP contribution in [0.5, 0.6) is 29.1 Å². The second kappa shape index (κ2) is 54.1. The third kappa shape index (κ3) is 29.2. The molecule has 0 unspecified atom stereocenters. The van der Waals surface area contributed by atoms with Crippen molar-refractivity contribution in [3.8, 4) is 74.4 Å². The number of hydrogen-bond acceptors (Lipinski definition) is 25. The van der Waals surface area contributed by atoms with E-state index >= 15 is 0 Å². The summed E-state index contributed by atoms with van der Waals surface area (Å²) in [6, 6.07) is 51.3. The van der Waals surface area contributed by atoms with E-state index in [9.17, 15) is 0 Å². The number of anilines is 1. The zero-order valence-corrected chi connectivity index (χ0v) is 88.2. The first-order chi connectivity index (χ1) is 63.2. The smallest absolute Gasteiger partial charge is 1.00 e. The van der Waals surface area contributed by atoms with Gasteiger partial charge in [-0.3, -0.25) is 0 Å². The van der Waals surface area contributed by atoms with E-state index in [2.05, 4.69) is 235 Å². The van der Waals surface area contributed by atoms with Crippen LogP contribution < -0.4 is 98.1 Å². The van der Waals surface area contributed by atoms with Crippen molar-refractivity contribution in [1.29, 1.82) is 0 Å². The first-order valence-electron chi connectivity index (χ1n) is 44.3. The van der Waals surface area contributed by atoms with Crippen LogP contribution in [0.15, 0.2) is 193 Å². The summed E-state index contributed by atoms with van der Waals surface area (Å²) in [6.45, 7) is 11.2. The maximum absolute atomic E-state index is 5.80. The van der Waals surface area contributed by atoms with Crippen LogP contribution in [0.25, 0.3) is 62.2 Å². The largest absolute Gasteiger partial charge is 1.00 e. The fourth-order valence-corrected chi connectivity index (χ4v) is 21.5. The van der Waals surface area contributed by atoms with Gasteiger partial charge < -0.3 is 73.0 Å². The van der Waals surface area contributed by atoms with Crippen molar-refractivity contribution in [2.24, 2.45) is 5.92 Å². The van der Waals surface area contributed by atoms with Crippen molar-refractivity contribution < 1.29 is 90.0 Å². The van der Waals surface area contributed by atoms with Crippen molar-refractivity contribution in [3.63, 3.8) is 0 Å². The van der Waals surface area contributed by atoms with Crippen molar-refractivity contribution in [2.75, 3.05) is 114 Å². The van der Waals surface area contributed by atoms with Crippen LogP contribution in [-0.2, 0) is 32.0 Å². The van der Waals surface area contributed by atoms with Gasteiger partial charge in [0.15, 0.2) is 51.9 Å². The quantitative estimate of drug-likeness (QED) is 0.0384. The minimum atomic E-state index is -0.182. The Bertz CT molecular complexity index is 5580. The Kier molecular flexibility index (Phi) is 42.9. The standard InChI is InChI=1S/C26H35O2P.C22H24N8O.C17H13BrN6O.C17H13IN6O.C9H19N.C5H12N2.Cu.2HI.Na/c1-27-23-17-11-18-24(28-2)26(23)22-16-9-10-19-25(22)29(20-12-5-3-6-13-20)21-14-7-4-8-15-21;1-28-8-10-29(11-9-28)18-14-23-22(24-15-18)17-5-3-4-16(12-17)13-20-26-25-19-6-7-21(31-2)27-30(19)20;2*1-25-16-6-5-14-21-22-15(24(14)23-16)8-11-3-2-4-12(7-11)17-19-9-13(18)10-20-17;1-3-8-6-4-5-7-9(8)10-2;1-7-4-2-6-3-5-7;;;;/h9-11,16-21H,3-8,12-15H2,1-2H3;3-7,12,14-15H,8-11,13H2,1-2H3;2*2-7,9-10H,8H2,1H3;8-10H,3-7H2,1-2H3;6H,2-5H2,1H3;;2*1H;/q;;;;;;+1;;;+1/p-2/t;;;;8-,9-;;;;;/m....0...../s1. The zero-order chi connectivity index (χ0) is 90.2. The molecular formula is C96H116BrCuI3N23NaO5P. The van der Waals surface area contributed by atoms with Gasteiger partial charge in [0.2, 0.25) is 17.6 Å². The molecule has 9 aromatic heterocycles. The molecule has 0 radical (unpaired) electrons. The molecule has 3 saturated carbocycles. The number of nitrogens with zero attached hydrogens (tertiary/aromatic N) is 21. The maximum atomic E-state index is 5.80. The number of halogens is 4. The average Bonchev–Trinajstić information content (AvgIpc) is 1.15. The number of likely N-dealkylation sites (N-methyl/N-ethyl adjacent to an activating group) is 2. The monoisotopic (exact) mass is 2250 g/mol. The Morgan fingerprint density at radius 2 is 0.855 bits per heavy atom. The van der Waals surface area contributed by atoms with E-state index < -0.39 is 0 Å². The molecule has 2 saturated heterocycles. The van der Waals surface area contributed by atoms with E-state index in [0.29, 0.717) is 71.3 Å². The minimum Gasteiger partial charge on any atom is -1.00 e. The van der Waals surface area contributed by atoms with Crippen molar-refractivity contribution in [3.05, 3.63) is 231 Å². The van der Waals surface area contributed by atoms with Crippen LogP contribution >= 0.6 is 66.8 Å². The molecule has 0 spiro atoms. The number of rotatable bonds is 21. The summed E-state index contributed by atoms with van der Waals surface area (Å²) in [5, 5.41) is 46.7. The summed E-state index contributed by atoms with van der Waals surface area (Å²) >= 11 is 11.4. The van der Waals surface area contributed by atoms with E-state index in [1.807, 2.05) is 91.3 Å². The normalized spacial score (nSPS) is 15.9. The van der Waals surface area contributed by atoms with Crippen molar-refractivity contribution >= 4 is 94.7 Å². The molecular weight excluding hydrogens is 2130 g/mol. The van der Waals surface area contributed by atoms with Gasteiger partial charge in [0.1, 0.15) is 11.5 Å². The minimum absolute atomic E-state index is 0. The molecule has 2 N–H and O–H groups in total. The molecule has 14 aromatic rings. The Hall–Kier alpha value is -7.75. The van der Waals surface area contributed by atoms with Crippen LogP contribution in [0, 0.1) is 9.49 Å². The topological polar surface area (TPSA) is 287 Å². The molecule has 5 aliphatic rings. The molecule has 28 nitrogen and oxygen atoms in total. The van der Waals surface area contributed by atoms with Crippen LogP contribution in [0.2, 0.25) is 0 Å². The van der Waals surface area contributed by atoms with Crippen LogP contribution in [0.4, 0.5) is 5.69 Å². The third-order valence-corrected chi connectivity index (χ3v) is 28.4. The Morgan fingerprint density at radius 3 is 1.25 bits per heavy atom. The number of nitrogens with one attached hydrogen (secondary N) is 2. The molecule has 19 rings (SSSR count). The molecule has 5 aromatic carbocycles. The van der Waals surface area contributed by atoms with Gasteiger partial charge in [0.05, 0.1) is 63.7 Å². The molecule has 35 heteroatoms. The Labute approximate surface area is 851 Å². The second-order valence-electron chi connectivity index (χ2n) is 32.4. The SMILES string of the molecule is CC[C@H]1CCCC[C@@H]1NC.CN1CCNCC1.COc1ccc2nnc(Cc3cccc(-c4ncc(Br)cn4)c3)n2n1.COc1ccc2nnc(Cc3cccc(-c4ncc(I)cn4)c3)n2n1.COc1ccc2nnc(Cc3cccc(-c4ncc(N5CCN(C)CC5)cn4)c3)n2n1.COc1cccc(OC)c1-c1ccccc1P(C1CCCCC1)C1CCCCC1.[Cu][I].[I-].[Na+]. The summed E-state index contributed by atoms with van der Waals surface area (Å²) in [4.78, 5) is 33.7. The predicted molar refractivity (Wildman–Crippen MR) is 528 cm³/mol. The van der Waals surface area contributed by atoms with Gasteiger partial charge in [-0.2, -0.15) is 13.5 Å². The summed E-state index contributed by atoms with van der Waals surface area (Å²) in [5.41, 5.74) is 13.5. The van der Waals surface area contributed by atoms with E-state index in [1.165, 1.54) is 115 Å². The van der Waals surface area contributed by atoms with Gasteiger partial charge in [-0.25, -0.2) is 29.9 Å². The number of aromatic nitrogens is 18. The van der Waals surface area contributed by atoms with E-state index in [1.54, 1.807) is 118 Å². The number of fused-ring (bicyclic) bond motifs is 3. The van der Waals surface area contributed by atoms with Crippen LogP contribution in [-0.4, -0.2) is 226 Å². The van der Waals surface area contributed by atoms with E-state index in [0.717, 1.165) is 144 Å². The van der Waals surface area contributed by atoms with Crippen molar-refractivity contribution in [1.82, 2.24) is 110 Å². The summed E-state index contributed by atoms with van der Waals surface area (Å²) < 4.78 is 34.1. The molecule has 131 heavy (non-hydrogen) atoms. The Balaban J connectivity index is 0.000000157. The second-order valence-corrected chi connectivity index (χ2v) is 37.3. The molecule has 5 fully saturated rings. The first-order valence-corrected chi connectivity index (χ1v) is 50.7. The maximum Gasteiger partial charge on any atom is 1.00 e. The number of benzene rings is 5. The van der Waals surface area contributed by atoms with E-state index in [-0.39, 0.29) is 61.5 Å². The first kappa shape index (κ1) is 104. The number of hydrogen-bond donors (Lipinski definition) is 2. The summed E-state index contributed by atoms with van der Waals surface area (Å²) in [6.07, 6.45) is 33.9. The predicted octanol–water partition coefficient (Wildman–Crippen LogP) is 11.4. The zero-order valence-electron chi connectivity index (χ0n) is 76.3. The molecule has 11 heterocycles. The fourth-order valence-electron chi connectivity index (χ4n) is 17.0. The van der Waals surface area contributed by atoms with Gasteiger partial charge in [0, 0.05) is 141 Å². The Morgan fingerprint density at radius 1 is 0.458 bits per heavy atom. The number of piperazine rings is 2. The van der Waals surface area contributed by atoms with Gasteiger partial charge >= 0.3 is 62.7 Å². The van der Waals surface area contributed by atoms with Gasteiger partial charge in [-0.1, -0.05) is 158 Å². The van der Waals surface area contributed by atoms with Crippen LogP contribution in [0.1, 0.15) is 137 Å². The van der Waals surface area contributed by atoms with Crippen molar-refractivity contribution in [2.45, 2.75) is 140 Å². The van der Waals surface area contributed by atoms with E-state index in [4.69, 9.17) is 23.7 Å². The third-order valence-electron chi connectivity index (χ3n) is 23.9. The number of ether oxygens (including phenoxy) is 5. The molecule has 690 valence electrons. The van der Waals surface area contributed by atoms with Gasteiger partial charge in [-0.05, 0) is 192 Å². The summed E-state index contributed by atoms with van der Waals surface area (Å²) in [5.74, 6) is 8.68. The molecule has 0 amide bonds. The molecule has 0 bridgehead atoms. The fraction of sp³-hybridized carbons (Fsp3) is 0.406. The average molecular weight is 2250 g/mol.